The number of benzene rings is 1. The Morgan fingerprint density at radius 1 is 0.690 bits per heavy atom. The van der Waals surface area contributed by atoms with Gasteiger partial charge in [-0.05, 0) is 45.7 Å². The van der Waals surface area contributed by atoms with Gasteiger partial charge in [-0.3, -0.25) is 9.42 Å². The van der Waals surface area contributed by atoms with Crippen molar-refractivity contribution in [3.63, 3.8) is 0 Å². The van der Waals surface area contributed by atoms with E-state index in [0.29, 0.717) is 13.0 Å². The molecule has 0 fully saturated rings. The highest BCUT2D eigenvalue weighted by molar-refractivity contribution is 7.46. The SMILES string of the molecule is CCCCCCCCCCCCCCCCCCN(CCC(C[N+](CC)(CC)CC)OP(=O)(O)O)Cc1ccccc1. The van der Waals surface area contributed by atoms with E-state index in [9.17, 15) is 14.4 Å². The van der Waals surface area contributed by atoms with Crippen molar-refractivity contribution in [2.45, 2.75) is 149 Å². The van der Waals surface area contributed by atoms with Crippen molar-refractivity contribution >= 4 is 7.82 Å². The van der Waals surface area contributed by atoms with Crippen molar-refractivity contribution < 1.29 is 23.4 Å². The Balaban J connectivity index is 2.40. The fourth-order valence-electron chi connectivity index (χ4n) is 6.18. The van der Waals surface area contributed by atoms with Crippen molar-refractivity contribution in [1.82, 2.24) is 4.90 Å². The maximum atomic E-state index is 11.8. The summed E-state index contributed by atoms with van der Waals surface area (Å²) in [5.74, 6) is 0. The van der Waals surface area contributed by atoms with E-state index in [4.69, 9.17) is 4.52 Å². The Morgan fingerprint density at radius 2 is 1.14 bits per heavy atom. The van der Waals surface area contributed by atoms with Crippen molar-refractivity contribution in [3.05, 3.63) is 35.9 Å². The van der Waals surface area contributed by atoms with Gasteiger partial charge < -0.3 is 14.3 Å². The topological polar surface area (TPSA) is 70.0 Å². The van der Waals surface area contributed by atoms with Crippen molar-refractivity contribution in [1.29, 1.82) is 0 Å². The molecule has 7 heteroatoms. The van der Waals surface area contributed by atoms with Gasteiger partial charge in [-0.15, -0.1) is 0 Å². The first-order chi connectivity index (χ1) is 20.3. The van der Waals surface area contributed by atoms with Gasteiger partial charge >= 0.3 is 7.82 Å². The lowest BCUT2D eigenvalue weighted by molar-refractivity contribution is -0.925. The van der Waals surface area contributed by atoms with Gasteiger partial charge in [0, 0.05) is 13.1 Å². The first-order valence-corrected chi connectivity index (χ1v) is 19.2. The number of phosphoric acid groups is 1. The molecule has 0 saturated carbocycles. The lowest BCUT2D eigenvalue weighted by Crippen LogP contribution is -2.52. The molecule has 0 radical (unpaired) electrons. The third kappa shape index (κ3) is 20.3. The predicted molar refractivity (Wildman–Crippen MR) is 180 cm³/mol. The second kappa shape index (κ2) is 24.6. The van der Waals surface area contributed by atoms with Crippen LogP contribution in [0.2, 0.25) is 0 Å². The normalized spacial score (nSPS) is 13.2. The summed E-state index contributed by atoms with van der Waals surface area (Å²) in [5.41, 5.74) is 1.28. The smallest absolute Gasteiger partial charge is 0.322 e. The van der Waals surface area contributed by atoms with Crippen LogP contribution in [0.4, 0.5) is 0 Å². The molecule has 0 aromatic heterocycles. The van der Waals surface area contributed by atoms with Crippen molar-refractivity contribution in [2.75, 3.05) is 39.3 Å². The monoisotopic (exact) mass is 611 g/mol. The fourth-order valence-corrected chi connectivity index (χ4v) is 6.74. The van der Waals surface area contributed by atoms with E-state index in [1.165, 1.54) is 102 Å². The molecule has 0 heterocycles. The molecule has 0 aliphatic heterocycles. The maximum Gasteiger partial charge on any atom is 0.470 e. The molecule has 0 aliphatic carbocycles. The summed E-state index contributed by atoms with van der Waals surface area (Å²) in [7, 11) is -4.55. The van der Waals surface area contributed by atoms with Crippen molar-refractivity contribution in [3.8, 4) is 0 Å². The summed E-state index contributed by atoms with van der Waals surface area (Å²) in [6, 6.07) is 10.5. The van der Waals surface area contributed by atoms with E-state index in [1.807, 2.05) is 6.07 Å². The van der Waals surface area contributed by atoms with E-state index in [2.05, 4.69) is 56.9 Å². The van der Waals surface area contributed by atoms with Crippen LogP contribution in [0.15, 0.2) is 30.3 Å². The summed E-state index contributed by atoms with van der Waals surface area (Å²) in [5, 5.41) is 0. The zero-order chi connectivity index (χ0) is 30.9. The first-order valence-electron chi connectivity index (χ1n) is 17.6. The minimum absolute atomic E-state index is 0.463. The summed E-state index contributed by atoms with van der Waals surface area (Å²) in [6.07, 6.45) is 22.0. The van der Waals surface area contributed by atoms with Crippen LogP contribution < -0.4 is 0 Å². The highest BCUT2D eigenvalue weighted by Crippen LogP contribution is 2.39. The lowest BCUT2D eigenvalue weighted by Gasteiger charge is -2.38. The summed E-state index contributed by atoms with van der Waals surface area (Å²) >= 11 is 0. The number of quaternary nitrogens is 1. The number of phosphoric ester groups is 1. The minimum Gasteiger partial charge on any atom is -0.322 e. The number of nitrogens with zero attached hydrogens (tertiary/aromatic N) is 2. The number of rotatable bonds is 29. The average molecular weight is 612 g/mol. The Bertz CT molecular complexity index is 776. The van der Waals surface area contributed by atoms with Gasteiger partial charge in [-0.2, -0.15) is 0 Å². The minimum atomic E-state index is -4.55. The Morgan fingerprint density at radius 3 is 1.57 bits per heavy atom. The molecule has 1 rings (SSSR count). The molecule has 0 aliphatic rings. The molecule has 0 bridgehead atoms. The van der Waals surface area contributed by atoms with Crippen molar-refractivity contribution in [2.24, 2.45) is 0 Å². The second-order valence-corrected chi connectivity index (χ2v) is 13.7. The molecule has 246 valence electrons. The Kier molecular flexibility index (Phi) is 23.0. The molecule has 1 atom stereocenters. The van der Waals surface area contributed by atoms with Crippen LogP contribution in [-0.4, -0.2) is 64.5 Å². The Hall–Kier alpha value is -0.750. The maximum absolute atomic E-state index is 11.8. The predicted octanol–water partition coefficient (Wildman–Crippen LogP) is 9.49. The van der Waals surface area contributed by atoms with Gasteiger partial charge in [0.2, 0.25) is 0 Å². The molecule has 0 spiro atoms. The number of likely N-dealkylation sites (N-methyl/N-ethyl adjacent to an activating group) is 1. The first kappa shape index (κ1) is 39.3. The standard InChI is InChI=1S/C35H67N2O4P/c1-5-9-10-11-12-13-14-15-16-17-18-19-20-21-22-26-30-36(32-34-27-24-23-25-28-34)31-29-35(41-42(38,39)40)33-37(6-2,7-3)8-4/h23-25,27-28,35H,5-22,26,29-33H2,1-4H3,(H-,38,39,40)/p+1. The quantitative estimate of drug-likeness (QED) is 0.0536. The van der Waals surface area contributed by atoms with Gasteiger partial charge in [0.05, 0.1) is 19.6 Å². The summed E-state index contributed by atoms with van der Waals surface area (Å²) < 4.78 is 18.0. The summed E-state index contributed by atoms with van der Waals surface area (Å²) in [4.78, 5) is 21.7. The zero-order valence-electron chi connectivity index (χ0n) is 28.0. The highest BCUT2D eigenvalue weighted by Gasteiger charge is 2.31. The van der Waals surface area contributed by atoms with Crippen LogP contribution >= 0.6 is 7.82 Å². The molecular weight excluding hydrogens is 543 g/mol. The van der Waals surface area contributed by atoms with Gasteiger partial charge in [0.1, 0.15) is 12.6 Å². The van der Waals surface area contributed by atoms with Crippen LogP contribution in [0, 0.1) is 0 Å². The molecule has 1 aromatic carbocycles. The zero-order valence-corrected chi connectivity index (χ0v) is 28.9. The van der Waals surface area contributed by atoms with Gasteiger partial charge in [-0.25, -0.2) is 4.57 Å². The summed E-state index contributed by atoms with van der Waals surface area (Å²) in [6.45, 7) is 14.8. The number of hydrogen-bond acceptors (Lipinski definition) is 3. The van der Waals surface area contributed by atoms with Crippen LogP contribution in [0.5, 0.6) is 0 Å². The van der Waals surface area contributed by atoms with E-state index in [1.54, 1.807) is 0 Å². The second-order valence-electron chi connectivity index (χ2n) is 12.5. The molecule has 0 saturated heterocycles. The Labute approximate surface area is 260 Å². The lowest BCUT2D eigenvalue weighted by atomic mass is 10.0. The van der Waals surface area contributed by atoms with E-state index < -0.39 is 13.9 Å². The molecule has 0 amide bonds. The fraction of sp³-hybridized carbons (Fsp3) is 0.829. The van der Waals surface area contributed by atoms with Gasteiger partial charge in [-0.1, -0.05) is 134 Å². The third-order valence-electron chi connectivity index (χ3n) is 9.23. The van der Waals surface area contributed by atoms with Gasteiger partial charge in [0.15, 0.2) is 0 Å². The van der Waals surface area contributed by atoms with E-state index in [0.717, 1.165) is 50.2 Å². The molecule has 6 nitrogen and oxygen atoms in total. The van der Waals surface area contributed by atoms with Gasteiger partial charge in [0.25, 0.3) is 0 Å². The van der Waals surface area contributed by atoms with Crippen LogP contribution in [-0.2, 0) is 15.6 Å². The molecule has 42 heavy (non-hydrogen) atoms. The van der Waals surface area contributed by atoms with Crippen LogP contribution in [0.3, 0.4) is 0 Å². The van der Waals surface area contributed by atoms with E-state index >= 15 is 0 Å². The van der Waals surface area contributed by atoms with Crippen LogP contribution in [0.1, 0.15) is 142 Å². The third-order valence-corrected chi connectivity index (χ3v) is 9.81. The molecule has 1 aromatic rings. The molecular formula is C35H68N2O4P+. The molecule has 1 unspecified atom stereocenters. The average Bonchev–Trinajstić information content (AvgIpc) is 2.98. The largest absolute Gasteiger partial charge is 0.470 e. The number of hydrogen-bond donors (Lipinski definition) is 2. The van der Waals surface area contributed by atoms with E-state index in [-0.39, 0.29) is 0 Å². The number of unbranched alkanes of at least 4 members (excludes halogenated alkanes) is 15. The highest BCUT2D eigenvalue weighted by atomic mass is 31.2. The molecule has 2 N–H and O–H groups in total. The van der Waals surface area contributed by atoms with Crippen LogP contribution in [0.25, 0.3) is 0 Å².